The zero-order valence-corrected chi connectivity index (χ0v) is 14.6. The molecule has 0 heterocycles. The van der Waals surface area contributed by atoms with Crippen molar-refractivity contribution in [2.75, 3.05) is 7.05 Å². The molecule has 6 heteroatoms. The first-order valence-electron chi connectivity index (χ1n) is 8.51. The Hall–Kier alpha value is -2.86. The minimum atomic E-state index is -0.798. The number of ether oxygens (including phenoxy) is 1. The molecule has 1 aliphatic rings. The molecule has 0 saturated heterocycles. The Balaban J connectivity index is 1.64. The highest BCUT2D eigenvalue weighted by atomic mass is 16.5. The lowest BCUT2D eigenvalue weighted by atomic mass is 9.92. The molecule has 3 rings (SSSR count). The van der Waals surface area contributed by atoms with E-state index in [1.165, 1.54) is 0 Å². The molecule has 26 heavy (non-hydrogen) atoms. The number of rotatable bonds is 7. The van der Waals surface area contributed by atoms with Gasteiger partial charge in [-0.3, -0.25) is 14.8 Å². The van der Waals surface area contributed by atoms with E-state index in [0.717, 1.165) is 16.9 Å². The van der Waals surface area contributed by atoms with E-state index in [2.05, 4.69) is 5.32 Å². The second-order valence-corrected chi connectivity index (χ2v) is 6.56. The van der Waals surface area contributed by atoms with Gasteiger partial charge in [0.05, 0.1) is 11.3 Å². The Morgan fingerprint density at radius 3 is 2.42 bits per heavy atom. The second-order valence-electron chi connectivity index (χ2n) is 6.56. The molecule has 0 unspecified atom stereocenters. The van der Waals surface area contributed by atoms with Crippen LogP contribution in [0.5, 0.6) is 5.75 Å². The molecule has 3 N–H and O–H groups in total. The molecular weight excluding hydrogens is 332 g/mol. The van der Waals surface area contributed by atoms with Crippen molar-refractivity contribution < 1.29 is 19.5 Å². The van der Waals surface area contributed by atoms with E-state index in [-0.39, 0.29) is 5.91 Å². The minimum absolute atomic E-state index is 0.185. The van der Waals surface area contributed by atoms with Crippen molar-refractivity contribution in [2.24, 2.45) is 11.3 Å². The summed E-state index contributed by atoms with van der Waals surface area (Å²) in [6.07, 6.45) is 0.856. The number of carbonyl (C=O) groups is 2. The zero-order valence-electron chi connectivity index (χ0n) is 14.6. The SMILES string of the molecule is CNC(=O)[C@]1(Cc2ccc(OCc3ccccc3)cc2)C[C@H]1C(=O)NO. The number of benzene rings is 2. The monoisotopic (exact) mass is 354 g/mol. The second kappa shape index (κ2) is 7.58. The van der Waals surface area contributed by atoms with Crippen molar-refractivity contribution in [1.29, 1.82) is 0 Å². The van der Waals surface area contributed by atoms with Gasteiger partial charge < -0.3 is 10.1 Å². The topological polar surface area (TPSA) is 87.7 Å². The molecule has 2 amide bonds. The quantitative estimate of drug-likeness (QED) is 0.525. The molecule has 0 aliphatic heterocycles. The normalized spacial score (nSPS) is 20.9. The predicted octanol–water partition coefficient (Wildman–Crippen LogP) is 2.07. The summed E-state index contributed by atoms with van der Waals surface area (Å²) in [6.45, 7) is 0.487. The fourth-order valence-corrected chi connectivity index (χ4v) is 3.31. The van der Waals surface area contributed by atoms with E-state index in [9.17, 15) is 9.59 Å². The summed E-state index contributed by atoms with van der Waals surface area (Å²) in [7, 11) is 1.55. The fourth-order valence-electron chi connectivity index (χ4n) is 3.31. The van der Waals surface area contributed by atoms with Crippen LogP contribution in [-0.2, 0) is 22.6 Å². The maximum Gasteiger partial charge on any atom is 0.247 e. The molecule has 1 aliphatic carbocycles. The molecule has 2 atom stereocenters. The van der Waals surface area contributed by atoms with Crippen LogP contribution in [0.15, 0.2) is 54.6 Å². The van der Waals surface area contributed by atoms with Crippen LogP contribution in [0, 0.1) is 11.3 Å². The molecule has 0 spiro atoms. The van der Waals surface area contributed by atoms with Crippen molar-refractivity contribution >= 4 is 11.8 Å². The van der Waals surface area contributed by atoms with Crippen LogP contribution in [0.1, 0.15) is 17.5 Å². The third-order valence-electron chi connectivity index (χ3n) is 4.87. The van der Waals surface area contributed by atoms with Gasteiger partial charge in [-0.15, -0.1) is 0 Å². The smallest absolute Gasteiger partial charge is 0.247 e. The number of hydroxylamine groups is 1. The highest BCUT2D eigenvalue weighted by molar-refractivity contribution is 5.95. The first-order valence-corrected chi connectivity index (χ1v) is 8.51. The van der Waals surface area contributed by atoms with Crippen molar-refractivity contribution in [1.82, 2.24) is 10.8 Å². The van der Waals surface area contributed by atoms with Crippen LogP contribution < -0.4 is 15.5 Å². The summed E-state index contributed by atoms with van der Waals surface area (Å²) in [5.41, 5.74) is 2.88. The van der Waals surface area contributed by atoms with E-state index >= 15 is 0 Å². The largest absolute Gasteiger partial charge is 0.489 e. The molecule has 136 valence electrons. The Kier molecular flexibility index (Phi) is 5.23. The van der Waals surface area contributed by atoms with Crippen LogP contribution in [0.25, 0.3) is 0 Å². The lowest BCUT2D eigenvalue weighted by Gasteiger charge is -2.16. The number of hydrogen-bond donors (Lipinski definition) is 3. The standard InChI is InChI=1S/C20H22N2O4/c1-21-19(24)20(12-17(20)18(23)22-25)11-14-7-9-16(10-8-14)26-13-15-5-3-2-4-6-15/h2-10,17,25H,11-13H2,1H3,(H,21,24)(H,22,23)/t17-,20+/m0/s1. The fraction of sp³-hybridized carbons (Fsp3) is 0.300. The molecule has 2 aromatic rings. The first-order chi connectivity index (χ1) is 12.6. The van der Waals surface area contributed by atoms with E-state index in [0.29, 0.717) is 19.4 Å². The van der Waals surface area contributed by atoms with Crippen LogP contribution >= 0.6 is 0 Å². The van der Waals surface area contributed by atoms with Gasteiger partial charge in [-0.1, -0.05) is 42.5 Å². The molecule has 0 aromatic heterocycles. The zero-order chi connectivity index (χ0) is 18.6. The van der Waals surface area contributed by atoms with Gasteiger partial charge in [-0.05, 0) is 36.1 Å². The number of hydrogen-bond acceptors (Lipinski definition) is 4. The van der Waals surface area contributed by atoms with Crippen molar-refractivity contribution in [2.45, 2.75) is 19.4 Å². The average Bonchev–Trinajstić information content (AvgIpc) is 3.42. The van der Waals surface area contributed by atoms with Crippen molar-refractivity contribution in [3.8, 4) is 5.75 Å². The third kappa shape index (κ3) is 3.70. The molecule has 0 bridgehead atoms. The number of amides is 2. The summed E-state index contributed by atoms with van der Waals surface area (Å²) in [6, 6.07) is 17.4. The highest BCUT2D eigenvalue weighted by Gasteiger charge is 2.62. The summed E-state index contributed by atoms with van der Waals surface area (Å²) in [4.78, 5) is 24.0. The number of nitrogens with one attached hydrogen (secondary N) is 2. The average molecular weight is 354 g/mol. The van der Waals surface area contributed by atoms with Gasteiger partial charge in [0.15, 0.2) is 0 Å². The van der Waals surface area contributed by atoms with E-state index < -0.39 is 17.2 Å². The van der Waals surface area contributed by atoms with Crippen LogP contribution in [-0.4, -0.2) is 24.1 Å². The molecular formula is C20H22N2O4. The summed E-state index contributed by atoms with van der Waals surface area (Å²) in [5.74, 6) is -0.472. The van der Waals surface area contributed by atoms with E-state index in [4.69, 9.17) is 9.94 Å². The van der Waals surface area contributed by atoms with Gasteiger partial charge in [0.2, 0.25) is 11.8 Å². The summed E-state index contributed by atoms with van der Waals surface area (Å²) < 4.78 is 5.76. The van der Waals surface area contributed by atoms with Gasteiger partial charge in [0.1, 0.15) is 12.4 Å². The van der Waals surface area contributed by atoms with Crippen molar-refractivity contribution in [3.05, 3.63) is 65.7 Å². The summed E-state index contributed by atoms with van der Waals surface area (Å²) >= 11 is 0. The lowest BCUT2D eigenvalue weighted by molar-refractivity contribution is -0.135. The van der Waals surface area contributed by atoms with Crippen LogP contribution in [0.2, 0.25) is 0 Å². The van der Waals surface area contributed by atoms with Crippen LogP contribution in [0.3, 0.4) is 0 Å². The maximum absolute atomic E-state index is 12.3. The van der Waals surface area contributed by atoms with E-state index in [1.807, 2.05) is 54.6 Å². The Morgan fingerprint density at radius 2 is 1.81 bits per heavy atom. The maximum atomic E-state index is 12.3. The Bertz CT molecular complexity index is 776. The molecule has 1 saturated carbocycles. The minimum Gasteiger partial charge on any atom is -0.489 e. The third-order valence-corrected chi connectivity index (χ3v) is 4.87. The van der Waals surface area contributed by atoms with Gasteiger partial charge in [0, 0.05) is 7.05 Å². The molecule has 1 fully saturated rings. The molecule has 6 nitrogen and oxygen atoms in total. The summed E-state index contributed by atoms with van der Waals surface area (Å²) in [5, 5.41) is 11.5. The number of carbonyl (C=O) groups excluding carboxylic acids is 2. The molecule has 2 aromatic carbocycles. The molecule has 0 radical (unpaired) electrons. The Labute approximate surface area is 152 Å². The van der Waals surface area contributed by atoms with Gasteiger partial charge in [-0.25, -0.2) is 5.48 Å². The lowest BCUT2D eigenvalue weighted by Crippen LogP contribution is -2.35. The Morgan fingerprint density at radius 1 is 1.12 bits per heavy atom. The first kappa shape index (κ1) is 17.9. The van der Waals surface area contributed by atoms with Gasteiger partial charge >= 0.3 is 0 Å². The van der Waals surface area contributed by atoms with Crippen molar-refractivity contribution in [3.63, 3.8) is 0 Å². The van der Waals surface area contributed by atoms with Gasteiger partial charge in [-0.2, -0.15) is 0 Å². The van der Waals surface area contributed by atoms with Gasteiger partial charge in [0.25, 0.3) is 0 Å². The van der Waals surface area contributed by atoms with E-state index in [1.54, 1.807) is 12.5 Å². The van der Waals surface area contributed by atoms with Crippen LogP contribution in [0.4, 0.5) is 0 Å². The predicted molar refractivity (Wildman–Crippen MR) is 95.5 cm³/mol. The highest BCUT2D eigenvalue weighted by Crippen LogP contribution is 2.55.